The molecule has 12 heavy (non-hydrogen) atoms. The summed E-state index contributed by atoms with van der Waals surface area (Å²) in [5.74, 6) is 0.962. The Bertz CT molecular complexity index is 363. The van der Waals surface area contributed by atoms with Crippen molar-refractivity contribution in [2.45, 2.75) is 13.8 Å². The van der Waals surface area contributed by atoms with Crippen molar-refractivity contribution in [2.24, 2.45) is 0 Å². The Morgan fingerprint density at radius 1 is 1.33 bits per heavy atom. The van der Waals surface area contributed by atoms with Gasteiger partial charge in [0.1, 0.15) is 5.76 Å². The van der Waals surface area contributed by atoms with Crippen molar-refractivity contribution >= 4 is 11.8 Å². The Hall–Kier alpha value is -1.24. The molecule has 0 N–H and O–H groups in total. The second-order valence-corrected chi connectivity index (χ2v) is 2.64. The van der Waals surface area contributed by atoms with E-state index in [9.17, 15) is 0 Å². The average Bonchev–Trinajstić information content (AvgIpc) is 2.16. The van der Waals surface area contributed by atoms with E-state index >= 15 is 0 Å². The molecule has 0 unspecified atom stereocenters. The van der Waals surface area contributed by atoms with Gasteiger partial charge in [-0.1, -0.05) is 30.3 Å². The molecule has 1 heteroatoms. The van der Waals surface area contributed by atoms with Crippen LogP contribution in [0.4, 0.5) is 0 Å². The Kier molecular flexibility index (Phi) is 2.92. The van der Waals surface area contributed by atoms with Crippen LogP contribution in [0.3, 0.4) is 0 Å². The smallest absolute Gasteiger partial charge is 0.100 e. The second kappa shape index (κ2) is 3.96. The van der Waals surface area contributed by atoms with Crippen LogP contribution < -0.4 is 10.4 Å². The SMILES string of the molecule is C/C=c1/cccc/c1=C(/C)OC. The minimum absolute atomic E-state index is 0.962. The van der Waals surface area contributed by atoms with Crippen LogP contribution in [-0.4, -0.2) is 7.11 Å². The summed E-state index contributed by atoms with van der Waals surface area (Å²) in [7, 11) is 1.70. The van der Waals surface area contributed by atoms with Gasteiger partial charge in [-0.2, -0.15) is 0 Å². The third-order valence-electron chi connectivity index (χ3n) is 1.96. The summed E-state index contributed by atoms with van der Waals surface area (Å²) >= 11 is 0. The lowest BCUT2D eigenvalue weighted by Crippen LogP contribution is -2.25. The van der Waals surface area contributed by atoms with E-state index in [4.69, 9.17) is 4.74 Å². The molecule has 0 aromatic heterocycles. The van der Waals surface area contributed by atoms with Crippen molar-refractivity contribution in [1.82, 2.24) is 0 Å². The molecular formula is C11H14O. The normalized spacial score (nSPS) is 14.4. The summed E-state index contributed by atoms with van der Waals surface area (Å²) in [5, 5.41) is 2.39. The molecule has 0 aliphatic carbocycles. The van der Waals surface area contributed by atoms with Crippen LogP contribution in [0.1, 0.15) is 13.8 Å². The van der Waals surface area contributed by atoms with Gasteiger partial charge in [0.25, 0.3) is 0 Å². The fourth-order valence-corrected chi connectivity index (χ4v) is 1.18. The molecule has 0 aliphatic heterocycles. The number of hydrogen-bond donors (Lipinski definition) is 0. The lowest BCUT2D eigenvalue weighted by Gasteiger charge is -1.98. The molecule has 64 valence electrons. The highest BCUT2D eigenvalue weighted by Crippen LogP contribution is 1.87. The summed E-state index contributed by atoms with van der Waals surface area (Å²) in [6.07, 6.45) is 2.08. The molecule has 0 fully saturated rings. The van der Waals surface area contributed by atoms with E-state index in [0.29, 0.717) is 0 Å². The zero-order valence-electron chi connectivity index (χ0n) is 7.79. The molecule has 0 aliphatic rings. The van der Waals surface area contributed by atoms with Gasteiger partial charge in [0, 0.05) is 5.22 Å². The van der Waals surface area contributed by atoms with Gasteiger partial charge in [-0.3, -0.25) is 0 Å². The highest BCUT2D eigenvalue weighted by atomic mass is 16.5. The van der Waals surface area contributed by atoms with Crippen molar-refractivity contribution in [3.8, 4) is 0 Å². The van der Waals surface area contributed by atoms with Gasteiger partial charge >= 0.3 is 0 Å². The van der Waals surface area contributed by atoms with Crippen LogP contribution in [0.25, 0.3) is 11.8 Å². The van der Waals surface area contributed by atoms with Crippen LogP contribution >= 0.6 is 0 Å². The first-order chi connectivity index (χ1) is 5.79. The third kappa shape index (κ3) is 1.67. The minimum Gasteiger partial charge on any atom is -0.501 e. The molecule has 1 aromatic rings. The summed E-state index contributed by atoms with van der Waals surface area (Å²) in [4.78, 5) is 0. The van der Waals surface area contributed by atoms with Crippen LogP contribution in [0.2, 0.25) is 0 Å². The van der Waals surface area contributed by atoms with E-state index in [2.05, 4.69) is 18.2 Å². The van der Waals surface area contributed by atoms with Crippen LogP contribution in [0.5, 0.6) is 0 Å². The number of hydrogen-bond acceptors (Lipinski definition) is 1. The summed E-state index contributed by atoms with van der Waals surface area (Å²) in [6, 6.07) is 8.19. The topological polar surface area (TPSA) is 9.23 Å². The zero-order chi connectivity index (χ0) is 8.97. The van der Waals surface area contributed by atoms with Gasteiger partial charge in [0.2, 0.25) is 0 Å². The van der Waals surface area contributed by atoms with Crippen molar-refractivity contribution in [3.63, 3.8) is 0 Å². The minimum atomic E-state index is 0.962. The number of methoxy groups -OCH3 is 1. The fraction of sp³-hybridized carbons (Fsp3) is 0.273. The lowest BCUT2D eigenvalue weighted by molar-refractivity contribution is 0.360. The first-order valence-corrected chi connectivity index (χ1v) is 4.06. The van der Waals surface area contributed by atoms with E-state index in [0.717, 1.165) is 5.76 Å². The number of ether oxygens (including phenoxy) is 1. The molecule has 1 rings (SSSR count). The average molecular weight is 162 g/mol. The van der Waals surface area contributed by atoms with E-state index in [1.807, 2.05) is 26.0 Å². The maximum absolute atomic E-state index is 5.18. The Morgan fingerprint density at radius 2 is 2.00 bits per heavy atom. The largest absolute Gasteiger partial charge is 0.501 e. The van der Waals surface area contributed by atoms with Gasteiger partial charge in [-0.15, -0.1) is 0 Å². The molecule has 0 heterocycles. The standard InChI is InChI=1S/C11H14O/c1-4-10-7-5-6-8-11(10)9(2)12-3/h4-8H,1-3H3/b10-4-,11-9+. The van der Waals surface area contributed by atoms with Crippen molar-refractivity contribution in [1.29, 1.82) is 0 Å². The maximum atomic E-state index is 5.18. The summed E-state index contributed by atoms with van der Waals surface area (Å²) in [6.45, 7) is 4.00. The molecule has 0 saturated heterocycles. The molecular weight excluding hydrogens is 148 g/mol. The molecule has 0 radical (unpaired) electrons. The molecule has 1 aromatic carbocycles. The zero-order valence-corrected chi connectivity index (χ0v) is 7.79. The Morgan fingerprint density at radius 3 is 2.58 bits per heavy atom. The highest BCUT2D eigenvalue weighted by molar-refractivity contribution is 5.36. The molecule has 1 nitrogen and oxygen atoms in total. The highest BCUT2D eigenvalue weighted by Gasteiger charge is 1.88. The Labute approximate surface area is 73.0 Å². The Balaban J connectivity index is 3.54. The second-order valence-electron chi connectivity index (χ2n) is 2.64. The van der Waals surface area contributed by atoms with E-state index in [-0.39, 0.29) is 0 Å². The van der Waals surface area contributed by atoms with E-state index in [1.165, 1.54) is 10.4 Å². The lowest BCUT2D eigenvalue weighted by atomic mass is 10.2. The predicted molar refractivity (Wildman–Crippen MR) is 51.9 cm³/mol. The predicted octanol–water partition coefficient (Wildman–Crippen LogP) is 1.26. The molecule has 0 atom stereocenters. The summed E-state index contributed by atoms with van der Waals surface area (Å²) in [5.41, 5.74) is 0. The van der Waals surface area contributed by atoms with Gasteiger partial charge in [0.15, 0.2) is 0 Å². The third-order valence-corrected chi connectivity index (χ3v) is 1.96. The van der Waals surface area contributed by atoms with Gasteiger partial charge in [0.05, 0.1) is 7.11 Å². The van der Waals surface area contributed by atoms with Gasteiger partial charge < -0.3 is 4.74 Å². The van der Waals surface area contributed by atoms with Crippen LogP contribution in [0, 0.1) is 0 Å². The monoisotopic (exact) mass is 162 g/mol. The van der Waals surface area contributed by atoms with E-state index < -0.39 is 0 Å². The number of rotatable bonds is 1. The van der Waals surface area contributed by atoms with Crippen molar-refractivity contribution < 1.29 is 4.74 Å². The molecule has 0 amide bonds. The fourth-order valence-electron chi connectivity index (χ4n) is 1.18. The molecule has 0 spiro atoms. The van der Waals surface area contributed by atoms with Crippen molar-refractivity contribution in [3.05, 3.63) is 34.7 Å². The van der Waals surface area contributed by atoms with Crippen LogP contribution in [-0.2, 0) is 4.74 Å². The van der Waals surface area contributed by atoms with Gasteiger partial charge in [-0.05, 0) is 19.1 Å². The van der Waals surface area contributed by atoms with Crippen molar-refractivity contribution in [2.75, 3.05) is 7.11 Å². The molecule has 0 saturated carbocycles. The number of benzene rings is 1. The van der Waals surface area contributed by atoms with E-state index in [1.54, 1.807) is 7.11 Å². The summed E-state index contributed by atoms with van der Waals surface area (Å²) < 4.78 is 5.18. The molecule has 0 bridgehead atoms. The first-order valence-electron chi connectivity index (χ1n) is 4.06. The van der Waals surface area contributed by atoms with Gasteiger partial charge in [-0.25, -0.2) is 0 Å². The maximum Gasteiger partial charge on any atom is 0.100 e. The quantitative estimate of drug-likeness (QED) is 0.604. The first kappa shape index (κ1) is 8.85. The van der Waals surface area contributed by atoms with Crippen LogP contribution in [0.15, 0.2) is 24.3 Å².